The lowest BCUT2D eigenvalue weighted by Crippen LogP contribution is -2.29. The van der Waals surface area contributed by atoms with Gasteiger partial charge in [0.15, 0.2) is 11.6 Å². The molecule has 1 unspecified atom stereocenters. The molecule has 1 aliphatic heterocycles. The first kappa shape index (κ1) is 20.2. The van der Waals surface area contributed by atoms with Gasteiger partial charge in [0.2, 0.25) is 0 Å². The van der Waals surface area contributed by atoms with Crippen molar-refractivity contribution in [2.24, 2.45) is 0 Å². The van der Waals surface area contributed by atoms with Crippen LogP contribution < -0.4 is 4.90 Å². The topological polar surface area (TPSA) is 77.8 Å². The monoisotopic (exact) mass is 425 g/mol. The van der Waals surface area contributed by atoms with Gasteiger partial charge in [-0.2, -0.15) is 0 Å². The molecule has 2 N–H and O–H groups in total. The van der Waals surface area contributed by atoms with E-state index in [0.717, 1.165) is 35.2 Å². The van der Waals surface area contributed by atoms with Crippen molar-refractivity contribution in [2.75, 3.05) is 4.90 Å². The smallest absolute Gasteiger partial charge is 0.300 e. The Morgan fingerprint density at radius 1 is 0.871 bits per heavy atom. The number of carbonyl (C=O) groups is 2. The van der Waals surface area contributed by atoms with E-state index in [2.05, 4.69) is 0 Å². The number of amides is 1. The van der Waals surface area contributed by atoms with E-state index in [4.69, 9.17) is 0 Å². The number of ketones is 1. The van der Waals surface area contributed by atoms with Crippen LogP contribution in [0.15, 0.2) is 72.3 Å². The number of hydrogen-bond acceptors (Lipinski definition) is 4. The molecular formula is C23H14F3NO4. The molecule has 156 valence electrons. The van der Waals surface area contributed by atoms with Gasteiger partial charge in [0.1, 0.15) is 17.3 Å². The van der Waals surface area contributed by atoms with Crippen molar-refractivity contribution >= 4 is 23.1 Å². The molecule has 0 bridgehead atoms. The minimum absolute atomic E-state index is 0.0786. The van der Waals surface area contributed by atoms with Crippen molar-refractivity contribution in [3.05, 3.63) is 101 Å². The van der Waals surface area contributed by atoms with Crippen molar-refractivity contribution < 1.29 is 33.0 Å². The largest absolute Gasteiger partial charge is 0.508 e. The maximum atomic E-state index is 13.9. The van der Waals surface area contributed by atoms with Crippen LogP contribution in [-0.4, -0.2) is 21.9 Å². The summed E-state index contributed by atoms with van der Waals surface area (Å²) in [6.45, 7) is 0. The van der Waals surface area contributed by atoms with Crippen LogP contribution in [0.1, 0.15) is 17.2 Å². The van der Waals surface area contributed by atoms with Gasteiger partial charge in [-0.25, -0.2) is 13.2 Å². The normalized spacial score (nSPS) is 17.9. The quantitative estimate of drug-likeness (QED) is 0.370. The number of phenolic OH excluding ortho intramolecular Hbond substituents is 1. The van der Waals surface area contributed by atoms with E-state index in [1.807, 2.05) is 0 Å². The van der Waals surface area contributed by atoms with Crippen molar-refractivity contribution in [1.29, 1.82) is 0 Å². The Kier molecular flexibility index (Phi) is 4.98. The lowest BCUT2D eigenvalue weighted by molar-refractivity contribution is -0.132. The van der Waals surface area contributed by atoms with Crippen LogP contribution in [0, 0.1) is 17.5 Å². The second-order valence-electron chi connectivity index (χ2n) is 6.87. The fraction of sp³-hybridized carbons (Fsp3) is 0.0435. The number of hydrogen-bond donors (Lipinski definition) is 2. The molecule has 1 saturated heterocycles. The van der Waals surface area contributed by atoms with Crippen LogP contribution in [0.5, 0.6) is 5.75 Å². The zero-order valence-corrected chi connectivity index (χ0v) is 15.7. The average Bonchev–Trinajstić information content (AvgIpc) is 3.01. The van der Waals surface area contributed by atoms with E-state index in [1.165, 1.54) is 36.4 Å². The average molecular weight is 425 g/mol. The highest BCUT2D eigenvalue weighted by Crippen LogP contribution is 2.43. The highest BCUT2D eigenvalue weighted by molar-refractivity contribution is 6.51. The van der Waals surface area contributed by atoms with Crippen molar-refractivity contribution in [3.8, 4) is 5.75 Å². The minimum Gasteiger partial charge on any atom is -0.508 e. The van der Waals surface area contributed by atoms with Gasteiger partial charge in [-0.05, 0) is 54.1 Å². The second-order valence-corrected chi connectivity index (χ2v) is 6.87. The van der Waals surface area contributed by atoms with Gasteiger partial charge in [0.25, 0.3) is 11.7 Å². The summed E-state index contributed by atoms with van der Waals surface area (Å²) in [4.78, 5) is 26.7. The first-order chi connectivity index (χ1) is 14.8. The number of nitrogens with zero attached hydrogens (tertiary/aromatic N) is 1. The zero-order valence-electron chi connectivity index (χ0n) is 15.7. The molecule has 1 fully saturated rings. The molecule has 3 aromatic carbocycles. The number of phenols is 1. The van der Waals surface area contributed by atoms with Crippen LogP contribution in [0.25, 0.3) is 5.76 Å². The van der Waals surface area contributed by atoms with E-state index >= 15 is 0 Å². The van der Waals surface area contributed by atoms with Gasteiger partial charge in [0, 0.05) is 17.3 Å². The van der Waals surface area contributed by atoms with Crippen molar-refractivity contribution in [3.63, 3.8) is 0 Å². The standard InChI is InChI=1S/C23H14F3NO4/c24-14-6-4-12(5-7-14)21(29)19-20(13-2-1-3-16(28)10-13)27(23(31)22(19)30)15-8-9-17(25)18(26)11-15/h1-11,20,28-29H/b21-19+. The van der Waals surface area contributed by atoms with E-state index in [-0.39, 0.29) is 28.1 Å². The van der Waals surface area contributed by atoms with E-state index in [0.29, 0.717) is 0 Å². The SMILES string of the molecule is O=C1C(=O)N(c2ccc(F)c(F)c2)C(c2cccc(O)c2)/C1=C(\O)c1ccc(F)cc1. The summed E-state index contributed by atoms with van der Waals surface area (Å²) >= 11 is 0. The minimum atomic E-state index is -1.25. The highest BCUT2D eigenvalue weighted by Gasteiger charge is 2.47. The lowest BCUT2D eigenvalue weighted by atomic mass is 9.95. The Bertz CT molecular complexity index is 1240. The van der Waals surface area contributed by atoms with Gasteiger partial charge in [0.05, 0.1) is 11.6 Å². The molecule has 0 saturated carbocycles. The fourth-order valence-electron chi connectivity index (χ4n) is 3.51. The van der Waals surface area contributed by atoms with Gasteiger partial charge in [-0.1, -0.05) is 12.1 Å². The van der Waals surface area contributed by atoms with Gasteiger partial charge >= 0.3 is 0 Å². The van der Waals surface area contributed by atoms with Crippen LogP contribution in [0.4, 0.5) is 18.9 Å². The number of aliphatic hydroxyl groups is 1. The molecule has 0 aliphatic carbocycles. The summed E-state index contributed by atoms with van der Waals surface area (Å²) in [5, 5.41) is 20.7. The molecule has 1 heterocycles. The fourth-order valence-corrected chi connectivity index (χ4v) is 3.51. The zero-order chi connectivity index (χ0) is 22.3. The van der Waals surface area contributed by atoms with E-state index in [1.54, 1.807) is 0 Å². The summed E-state index contributed by atoms with van der Waals surface area (Å²) in [7, 11) is 0. The highest BCUT2D eigenvalue weighted by atomic mass is 19.2. The Hall–Kier alpha value is -4.07. The molecule has 31 heavy (non-hydrogen) atoms. The molecule has 1 aliphatic rings. The Morgan fingerprint density at radius 3 is 2.23 bits per heavy atom. The summed E-state index contributed by atoms with van der Waals surface area (Å²) in [5.41, 5.74) is -0.137. The maximum Gasteiger partial charge on any atom is 0.300 e. The van der Waals surface area contributed by atoms with Gasteiger partial charge < -0.3 is 10.2 Å². The first-order valence-corrected chi connectivity index (χ1v) is 9.09. The molecular weight excluding hydrogens is 411 g/mol. The van der Waals surface area contributed by atoms with E-state index < -0.39 is 40.9 Å². The summed E-state index contributed by atoms with van der Waals surface area (Å²) in [5.74, 6) is -5.83. The Balaban J connectivity index is 1.96. The van der Waals surface area contributed by atoms with Crippen molar-refractivity contribution in [2.45, 2.75) is 6.04 Å². The molecule has 8 heteroatoms. The number of aromatic hydroxyl groups is 1. The number of benzene rings is 3. The molecule has 3 aromatic rings. The third-order valence-electron chi connectivity index (χ3n) is 4.93. The summed E-state index contributed by atoms with van der Waals surface area (Å²) in [6, 6.07) is 11.7. The first-order valence-electron chi connectivity index (χ1n) is 9.09. The third-order valence-corrected chi connectivity index (χ3v) is 4.93. The predicted molar refractivity (Wildman–Crippen MR) is 106 cm³/mol. The molecule has 0 radical (unpaired) electrons. The summed E-state index contributed by atoms with van der Waals surface area (Å²) in [6.07, 6.45) is 0. The molecule has 1 atom stereocenters. The Labute approximate surface area is 174 Å². The maximum absolute atomic E-state index is 13.9. The number of halogens is 3. The van der Waals surface area contributed by atoms with Crippen LogP contribution in [0.2, 0.25) is 0 Å². The van der Waals surface area contributed by atoms with Crippen molar-refractivity contribution in [1.82, 2.24) is 0 Å². The molecule has 0 aromatic heterocycles. The predicted octanol–water partition coefficient (Wildman–Crippen LogP) is 4.44. The van der Waals surface area contributed by atoms with Crippen LogP contribution in [0.3, 0.4) is 0 Å². The second kappa shape index (κ2) is 7.64. The van der Waals surface area contributed by atoms with Crippen LogP contribution in [-0.2, 0) is 9.59 Å². The molecule has 4 rings (SSSR count). The number of Topliss-reactive ketones (excluding diaryl/α,β-unsaturated/α-hetero) is 1. The third kappa shape index (κ3) is 3.52. The number of aliphatic hydroxyl groups excluding tert-OH is 1. The van der Waals surface area contributed by atoms with E-state index in [9.17, 15) is 33.0 Å². The molecule has 5 nitrogen and oxygen atoms in total. The lowest BCUT2D eigenvalue weighted by Gasteiger charge is -2.25. The van der Waals surface area contributed by atoms with Gasteiger partial charge in [-0.3, -0.25) is 14.5 Å². The van der Waals surface area contributed by atoms with Gasteiger partial charge in [-0.15, -0.1) is 0 Å². The number of carbonyl (C=O) groups excluding carboxylic acids is 2. The summed E-state index contributed by atoms with van der Waals surface area (Å²) < 4.78 is 40.6. The Morgan fingerprint density at radius 2 is 1.58 bits per heavy atom. The molecule has 0 spiro atoms. The van der Waals surface area contributed by atoms with Crippen LogP contribution >= 0.6 is 0 Å². The molecule has 1 amide bonds. The number of anilines is 1. The number of rotatable bonds is 3.